The molecule has 0 aliphatic rings. The van der Waals surface area contributed by atoms with Gasteiger partial charge in [-0.2, -0.15) is 0 Å². The van der Waals surface area contributed by atoms with E-state index in [0.717, 1.165) is 0 Å². The molecular formula is C11H15FIN5O. The van der Waals surface area contributed by atoms with Crippen LogP contribution in [-0.2, 0) is 6.54 Å². The van der Waals surface area contributed by atoms with Gasteiger partial charge in [-0.15, -0.1) is 5.10 Å². The van der Waals surface area contributed by atoms with Crippen LogP contribution in [0.25, 0.3) is 0 Å². The summed E-state index contributed by atoms with van der Waals surface area (Å²) in [6, 6.07) is 0. The molecule has 1 aromatic heterocycles. The van der Waals surface area contributed by atoms with Crippen molar-refractivity contribution in [1.82, 2.24) is 15.0 Å². The maximum absolute atomic E-state index is 13.7. The van der Waals surface area contributed by atoms with Crippen LogP contribution in [0.4, 0.5) is 4.39 Å². The Morgan fingerprint density at radius 3 is 2.84 bits per heavy atom. The molecule has 0 bridgehead atoms. The molecule has 4 N–H and O–H groups in total. The molecule has 8 heteroatoms. The van der Waals surface area contributed by atoms with Crippen LogP contribution in [0.3, 0.4) is 0 Å². The summed E-state index contributed by atoms with van der Waals surface area (Å²) in [6.07, 6.45) is 4.89. The van der Waals surface area contributed by atoms with Crippen LogP contribution in [0.2, 0.25) is 0 Å². The predicted molar refractivity (Wildman–Crippen MR) is 78.1 cm³/mol. The first-order valence-electron chi connectivity index (χ1n) is 5.58. The van der Waals surface area contributed by atoms with Crippen LogP contribution < -0.4 is 11.5 Å². The molecule has 1 atom stereocenters. The number of alkyl halides is 1. The van der Waals surface area contributed by atoms with Gasteiger partial charge in [-0.1, -0.05) is 5.21 Å². The monoisotopic (exact) mass is 379 g/mol. The third kappa shape index (κ3) is 6.32. The van der Waals surface area contributed by atoms with Crippen molar-refractivity contribution in [2.75, 3.05) is 0 Å². The van der Waals surface area contributed by atoms with Gasteiger partial charge in [0.15, 0.2) is 6.29 Å². The largest absolute Gasteiger partial charge is 0.402 e. The molecule has 0 amide bonds. The lowest BCUT2D eigenvalue weighted by molar-refractivity contribution is 0.111. The quantitative estimate of drug-likeness (QED) is 0.322. The Labute approximate surface area is 123 Å². The fourth-order valence-corrected chi connectivity index (χ4v) is 1.52. The van der Waals surface area contributed by atoms with Crippen molar-refractivity contribution in [2.24, 2.45) is 11.5 Å². The van der Waals surface area contributed by atoms with Crippen molar-refractivity contribution in [3.05, 3.63) is 33.4 Å². The number of hydrogen-bond donors (Lipinski definition) is 2. The van der Waals surface area contributed by atoms with E-state index in [1.165, 1.54) is 10.9 Å². The second-order valence-electron chi connectivity index (χ2n) is 3.91. The van der Waals surface area contributed by atoms with Crippen molar-refractivity contribution in [3.8, 4) is 0 Å². The van der Waals surface area contributed by atoms with Crippen LogP contribution in [0, 0.1) is 0 Å². The molecule has 0 aliphatic heterocycles. The van der Waals surface area contributed by atoms with E-state index in [1.807, 2.05) is 22.6 Å². The fraction of sp³-hybridized carbons (Fsp3) is 0.364. The molecule has 6 nitrogen and oxygen atoms in total. The van der Waals surface area contributed by atoms with Gasteiger partial charge in [-0.3, -0.25) is 4.79 Å². The zero-order chi connectivity index (χ0) is 14.3. The SMILES string of the molecule is N/C(=C\C=C(/N)I)CC[C@@H](F)Cn1cc(C=O)nn1. The van der Waals surface area contributed by atoms with Crippen LogP contribution in [-0.4, -0.2) is 27.5 Å². The first-order valence-corrected chi connectivity index (χ1v) is 6.66. The van der Waals surface area contributed by atoms with Gasteiger partial charge in [0.2, 0.25) is 0 Å². The summed E-state index contributed by atoms with van der Waals surface area (Å²) < 4.78 is 15.6. The third-order valence-electron chi connectivity index (χ3n) is 2.27. The van der Waals surface area contributed by atoms with Crippen molar-refractivity contribution in [2.45, 2.75) is 25.6 Å². The van der Waals surface area contributed by atoms with E-state index < -0.39 is 6.17 Å². The average Bonchev–Trinajstić information content (AvgIpc) is 2.81. The molecule has 0 radical (unpaired) electrons. The molecule has 1 rings (SSSR count). The molecule has 0 saturated carbocycles. The number of carbonyl (C=O) groups is 1. The molecule has 1 heterocycles. The molecule has 0 unspecified atom stereocenters. The van der Waals surface area contributed by atoms with Crippen LogP contribution >= 0.6 is 22.6 Å². The van der Waals surface area contributed by atoms with E-state index in [4.69, 9.17) is 11.5 Å². The Bertz CT molecular complexity index is 481. The number of hydrogen-bond acceptors (Lipinski definition) is 5. The van der Waals surface area contributed by atoms with Gasteiger partial charge in [0.05, 0.1) is 16.4 Å². The Morgan fingerprint density at radius 2 is 2.26 bits per heavy atom. The zero-order valence-corrected chi connectivity index (χ0v) is 12.3. The topological polar surface area (TPSA) is 99.8 Å². The zero-order valence-electron chi connectivity index (χ0n) is 10.2. The summed E-state index contributed by atoms with van der Waals surface area (Å²) in [5.41, 5.74) is 11.9. The van der Waals surface area contributed by atoms with E-state index in [0.29, 0.717) is 22.1 Å². The Morgan fingerprint density at radius 1 is 1.53 bits per heavy atom. The molecular weight excluding hydrogens is 364 g/mol. The van der Waals surface area contributed by atoms with E-state index in [1.54, 1.807) is 12.2 Å². The van der Waals surface area contributed by atoms with E-state index in [-0.39, 0.29) is 18.7 Å². The van der Waals surface area contributed by atoms with Crippen molar-refractivity contribution < 1.29 is 9.18 Å². The summed E-state index contributed by atoms with van der Waals surface area (Å²) in [5.74, 6) is 0. The van der Waals surface area contributed by atoms with Crippen molar-refractivity contribution in [1.29, 1.82) is 0 Å². The first kappa shape index (κ1) is 15.6. The highest BCUT2D eigenvalue weighted by molar-refractivity contribution is 14.1. The Balaban J connectivity index is 2.39. The number of rotatable bonds is 7. The number of carbonyl (C=O) groups excluding carboxylic acids is 1. The standard InChI is InChI=1S/C11H15FIN5O/c12-8(1-2-9(14)3-4-11(13)15)5-18-6-10(7-19)16-17-18/h3-4,6-8H,1-2,5,14-15H2/b9-3-,11-4-/t8-/m1/s1. The van der Waals surface area contributed by atoms with Gasteiger partial charge in [0.25, 0.3) is 0 Å². The van der Waals surface area contributed by atoms with Gasteiger partial charge in [-0.25, -0.2) is 9.07 Å². The highest BCUT2D eigenvalue weighted by Gasteiger charge is 2.09. The number of allylic oxidation sites excluding steroid dienone is 3. The lowest BCUT2D eigenvalue weighted by Crippen LogP contribution is -2.13. The minimum Gasteiger partial charge on any atom is -0.402 e. The summed E-state index contributed by atoms with van der Waals surface area (Å²) >= 11 is 1.96. The lowest BCUT2D eigenvalue weighted by atomic mass is 10.1. The van der Waals surface area contributed by atoms with Gasteiger partial charge in [-0.05, 0) is 47.6 Å². The average molecular weight is 379 g/mol. The van der Waals surface area contributed by atoms with Crippen molar-refractivity contribution >= 4 is 28.9 Å². The molecule has 0 aliphatic carbocycles. The molecule has 0 fully saturated rings. The van der Waals surface area contributed by atoms with Crippen molar-refractivity contribution in [3.63, 3.8) is 0 Å². The molecule has 0 saturated heterocycles. The van der Waals surface area contributed by atoms with Gasteiger partial charge in [0, 0.05) is 5.70 Å². The maximum Gasteiger partial charge on any atom is 0.171 e. The number of nitrogens with zero attached hydrogens (tertiary/aromatic N) is 3. The molecule has 19 heavy (non-hydrogen) atoms. The van der Waals surface area contributed by atoms with Gasteiger partial charge >= 0.3 is 0 Å². The predicted octanol–water partition coefficient (Wildman–Crippen LogP) is 1.29. The van der Waals surface area contributed by atoms with E-state index in [2.05, 4.69) is 10.3 Å². The molecule has 1 aromatic rings. The summed E-state index contributed by atoms with van der Waals surface area (Å²) in [5, 5.41) is 7.19. The second-order valence-corrected chi connectivity index (χ2v) is 5.16. The minimum absolute atomic E-state index is 0.0540. The maximum atomic E-state index is 13.7. The second kappa shape index (κ2) is 7.87. The third-order valence-corrected chi connectivity index (χ3v) is 2.62. The molecule has 104 valence electrons. The lowest BCUT2D eigenvalue weighted by Gasteiger charge is -2.07. The number of aromatic nitrogens is 3. The fourth-order valence-electron chi connectivity index (χ4n) is 1.34. The molecule has 0 aromatic carbocycles. The van der Waals surface area contributed by atoms with Gasteiger partial charge < -0.3 is 11.5 Å². The Hall–Kier alpha value is -1.45. The minimum atomic E-state index is -1.10. The summed E-state index contributed by atoms with van der Waals surface area (Å²) in [7, 11) is 0. The Kier molecular flexibility index (Phi) is 6.46. The van der Waals surface area contributed by atoms with Crippen LogP contribution in [0.5, 0.6) is 0 Å². The molecule has 0 spiro atoms. The van der Waals surface area contributed by atoms with Gasteiger partial charge in [0.1, 0.15) is 11.9 Å². The van der Waals surface area contributed by atoms with E-state index in [9.17, 15) is 9.18 Å². The normalized spacial score (nSPS) is 14.4. The van der Waals surface area contributed by atoms with Crippen LogP contribution in [0.15, 0.2) is 27.7 Å². The number of nitrogens with two attached hydrogens (primary N) is 2. The highest BCUT2D eigenvalue weighted by Crippen LogP contribution is 2.09. The first-order chi connectivity index (χ1) is 9.01. The highest BCUT2D eigenvalue weighted by atomic mass is 127. The summed E-state index contributed by atoms with van der Waals surface area (Å²) in [6.45, 7) is 0.0540. The smallest absolute Gasteiger partial charge is 0.171 e. The number of aldehydes is 1. The summed E-state index contributed by atoms with van der Waals surface area (Å²) in [4.78, 5) is 10.4. The van der Waals surface area contributed by atoms with Crippen LogP contribution in [0.1, 0.15) is 23.3 Å². The number of halogens is 2. The van der Waals surface area contributed by atoms with E-state index >= 15 is 0 Å².